The lowest BCUT2D eigenvalue weighted by Crippen LogP contribution is -2.38. The summed E-state index contributed by atoms with van der Waals surface area (Å²) >= 11 is 0. The maximum Gasteiger partial charge on any atom is 0.340 e. The molecule has 0 aliphatic carbocycles. The summed E-state index contributed by atoms with van der Waals surface area (Å²) in [5.74, 6) is -3.17. The van der Waals surface area contributed by atoms with Gasteiger partial charge in [0.2, 0.25) is 41.0 Å². The summed E-state index contributed by atoms with van der Waals surface area (Å²) in [5, 5.41) is 57.6. The number of carbonyl (C=O) groups excluding carboxylic acids is 3. The molecule has 15 aromatic carbocycles. The van der Waals surface area contributed by atoms with Crippen LogP contribution in [0.3, 0.4) is 0 Å². The second kappa shape index (κ2) is 40.8. The topological polar surface area (TPSA) is 242 Å². The number of rotatable bonds is 10. The normalized spacial score (nSPS) is 10.9. The van der Waals surface area contributed by atoms with Crippen LogP contribution in [0.1, 0.15) is 48.2 Å². The number of halogens is 3. The van der Waals surface area contributed by atoms with Crippen LogP contribution in [0.25, 0.3) is 174 Å². The Morgan fingerprint density at radius 1 is 0.317 bits per heavy atom. The van der Waals surface area contributed by atoms with Gasteiger partial charge in [-0.3, -0.25) is 48.9 Å². The van der Waals surface area contributed by atoms with Crippen LogP contribution in [0.2, 0.25) is 0 Å². The number of hydrogen-bond donors (Lipinski definition) is 3. The fraction of sp³-hybridized carbons (Fsp3) is 0.0254. The third-order valence-corrected chi connectivity index (χ3v) is 24.1. The molecular weight excluding hydrogens is 1780 g/mol. The van der Waals surface area contributed by atoms with Gasteiger partial charge in [0, 0.05) is 99.5 Å². The molecular formula is C118H81F3N16O5+2. The first-order chi connectivity index (χ1) is 69.3. The maximum absolute atomic E-state index is 13.8. The lowest BCUT2D eigenvalue weighted by atomic mass is 10.0. The first kappa shape index (κ1) is 91.4. The zero-order valence-electron chi connectivity index (χ0n) is 76.3. The molecule has 0 bridgehead atoms. The van der Waals surface area contributed by atoms with Gasteiger partial charge in [-0.05, 0) is 185 Å². The average molecular weight is 1860 g/mol. The smallest absolute Gasteiger partial charge is 0.340 e. The van der Waals surface area contributed by atoms with Crippen LogP contribution < -0.4 is 9.46 Å². The Bertz CT molecular complexity index is 9260. The van der Waals surface area contributed by atoms with Gasteiger partial charge in [0.25, 0.3) is 17.4 Å². The van der Waals surface area contributed by atoms with Crippen LogP contribution in [0, 0.1) is 30.6 Å². The Morgan fingerprint density at radius 2 is 0.676 bits per heavy atom. The highest BCUT2D eigenvalue weighted by Gasteiger charge is 2.29. The van der Waals surface area contributed by atoms with Crippen molar-refractivity contribution in [1.29, 1.82) is 0 Å². The van der Waals surface area contributed by atoms with Crippen molar-refractivity contribution in [1.82, 2.24) is 59.5 Å². The molecule has 142 heavy (non-hydrogen) atoms. The first-order valence-corrected chi connectivity index (χ1v) is 45.0. The minimum absolute atomic E-state index is 0.000499. The van der Waals surface area contributed by atoms with Crippen LogP contribution in [0.15, 0.2) is 419 Å². The highest BCUT2D eigenvalue weighted by Crippen LogP contribution is 2.36. The highest BCUT2D eigenvalue weighted by atomic mass is 19.1. The van der Waals surface area contributed by atoms with E-state index in [1.807, 2.05) is 184 Å². The van der Waals surface area contributed by atoms with Gasteiger partial charge in [-0.2, -0.15) is 24.8 Å². The number of H-pyrrole nitrogens is 1. The molecule has 0 aliphatic heterocycles. The van der Waals surface area contributed by atoms with Crippen LogP contribution in [-0.2, 0) is 21.1 Å². The fourth-order valence-corrected chi connectivity index (χ4v) is 16.9. The predicted molar refractivity (Wildman–Crippen MR) is 550 cm³/mol. The van der Waals surface area contributed by atoms with Crippen LogP contribution >= 0.6 is 0 Å². The van der Waals surface area contributed by atoms with E-state index < -0.39 is 34.8 Å². The van der Waals surface area contributed by atoms with Crippen LogP contribution in [-0.4, -0.2) is 87.2 Å². The average Bonchev–Trinajstić information content (AvgIpc) is 1.47. The molecule has 21 nitrogen and oxygen atoms in total. The molecule has 0 unspecified atom stereocenters. The molecule has 24 heteroatoms. The summed E-state index contributed by atoms with van der Waals surface area (Å²) in [6.07, 6.45) is 6.07. The largest absolute Gasteiger partial charge is 0.361 e. The van der Waals surface area contributed by atoms with E-state index >= 15 is 0 Å². The molecule has 0 saturated carbocycles. The Kier molecular flexibility index (Phi) is 26.3. The number of nitrogens with zero attached hydrogens (tertiary/aromatic N) is 15. The van der Waals surface area contributed by atoms with E-state index in [9.17, 15) is 38.0 Å². The Morgan fingerprint density at radius 3 is 1.17 bits per heavy atom. The molecule has 10 aromatic heterocycles. The molecule has 0 spiro atoms. The predicted octanol–water partition coefficient (Wildman–Crippen LogP) is 25.9. The number of nitrogens with one attached hydrogen (secondary N) is 1. The van der Waals surface area contributed by atoms with Crippen molar-refractivity contribution in [2.75, 3.05) is 0 Å². The van der Waals surface area contributed by atoms with Crippen molar-refractivity contribution in [3.8, 4) is 45.0 Å². The number of aryl methyl sites for hydroxylation is 3. The molecule has 0 atom stereocenters. The van der Waals surface area contributed by atoms with E-state index in [1.54, 1.807) is 76.2 Å². The van der Waals surface area contributed by atoms with Gasteiger partial charge in [-0.25, -0.2) is 13.8 Å². The summed E-state index contributed by atoms with van der Waals surface area (Å²) in [5.41, 5.74) is 14.5. The van der Waals surface area contributed by atoms with Gasteiger partial charge in [0.15, 0.2) is 17.3 Å². The number of para-hydroxylation sites is 1. The summed E-state index contributed by atoms with van der Waals surface area (Å²) < 4.78 is 48.1. The number of aromatic nitrogens is 14. The van der Waals surface area contributed by atoms with E-state index in [1.165, 1.54) is 74.4 Å². The third kappa shape index (κ3) is 19.5. The number of aromatic amines is 1. The molecule has 682 valence electrons. The van der Waals surface area contributed by atoms with Crippen LogP contribution in [0.5, 0.6) is 0 Å². The lowest BCUT2D eigenvalue weighted by molar-refractivity contribution is -0.906. The maximum atomic E-state index is 13.8. The minimum atomic E-state index is -0.756. The second-order valence-corrected chi connectivity index (χ2v) is 33.1. The summed E-state index contributed by atoms with van der Waals surface area (Å²) in [6.45, 7) is 14.0. The standard InChI is InChI=1S/C18H12N4.C17H9FN2O.C17H14N3O.C17H13N3.C17H12N2.C16H11FNO2.C16H10FNO/c1-19-16-10-9-15-18(20-16)17(21-22(15)2)14-8-7-12-5-3-4-6-13(12)11-14;1-19-15-9-8-14(18)16(20-15)17(21)13-7-6-11-4-2-3-5-12(11)10-13;1-19-15-7-4-10-20(21)17(15)16(18-19)14-9-8-12-5-2-3-6-13(12)11-14;1-20-15-7-4-10-18-17(15)16(19-20)14-9-8-12-5-2-3-6-13(12)11-14;1-2-6-13-11-14(10-9-12(13)5-1)17-15-7-3-4-8-16(15)18-19-17;17-14-6-3-9-18(20)15(14)16(19)13-8-7-11-4-1-2-5-12(11)10-13;17-14-6-3-9-18-15(14)16(19)13-8-7-11-4-1-2-5-12(11)10-13/h3-11H,2H3;2-10H;2-11,21H,1H3;2-11H,1H3;1-11H,(H,18,19);1-10,20H;1-10H/q;;+1;;;+1;. The number of benzene rings is 15. The minimum Gasteiger partial charge on any atom is -0.361 e. The van der Waals surface area contributed by atoms with Crippen molar-refractivity contribution in [2.24, 2.45) is 21.1 Å². The van der Waals surface area contributed by atoms with E-state index in [4.69, 9.17) is 13.1 Å². The van der Waals surface area contributed by atoms with Crippen molar-refractivity contribution >= 4 is 148 Å². The molecule has 0 saturated heterocycles. The van der Waals surface area contributed by atoms with Crippen molar-refractivity contribution in [3.63, 3.8) is 0 Å². The van der Waals surface area contributed by atoms with Gasteiger partial charge in [-0.15, -0.1) is 9.97 Å². The number of hydrogen-bond acceptors (Lipinski definition) is 13. The van der Waals surface area contributed by atoms with Gasteiger partial charge < -0.3 is 9.69 Å². The van der Waals surface area contributed by atoms with E-state index in [-0.39, 0.29) is 22.9 Å². The quantitative estimate of drug-likeness (QED) is 0.0500. The van der Waals surface area contributed by atoms with Gasteiger partial charge in [0.1, 0.15) is 33.6 Å². The highest BCUT2D eigenvalue weighted by molar-refractivity contribution is 6.12. The molecule has 25 rings (SSSR count). The molecule has 0 radical (unpaired) electrons. The van der Waals surface area contributed by atoms with Crippen molar-refractivity contribution in [3.05, 3.63) is 493 Å². The van der Waals surface area contributed by atoms with Crippen LogP contribution in [0.4, 0.5) is 24.8 Å². The SMILES string of the molecule is Cn1nc(-c2ccc3ccccc3c2)c2c1ccc[n+]2O.Cn1nc(-c2ccc3ccccc3c2)c2ncccc21.O=C(c1ccc2ccccc2c1)c1c(F)ccc[n+]1O.O=C(c1ccc2ccccc2c1)c1ncccc1F.[C-]#[N+]c1ccc(F)c(C(=O)c2ccc3ccccc3c2)n1.[C-]#[N+]c1ccc2c(n1)c(-c1ccc3ccccc3c1)nn2C.c1ccc2cc(-c3n[nH]c4ccccc34)ccc2c1. The Balaban J connectivity index is 0.000000105. The molecule has 3 N–H and O–H groups in total. The molecule has 25 aromatic rings. The first-order valence-electron chi connectivity index (χ1n) is 45.0. The number of ketones is 3. The zero-order valence-corrected chi connectivity index (χ0v) is 76.3. The van der Waals surface area contributed by atoms with Crippen molar-refractivity contribution < 1.29 is 47.4 Å². The lowest BCUT2D eigenvalue weighted by Gasteiger charge is -2.03. The zero-order chi connectivity index (χ0) is 97.9. The second-order valence-electron chi connectivity index (χ2n) is 33.1. The van der Waals surface area contributed by atoms with Gasteiger partial charge in [-0.1, -0.05) is 286 Å². The van der Waals surface area contributed by atoms with E-state index in [2.05, 4.69) is 201 Å². The fourth-order valence-electron chi connectivity index (χ4n) is 16.9. The number of pyridine rings is 6. The molecule has 10 heterocycles. The van der Waals surface area contributed by atoms with E-state index in [0.717, 1.165) is 144 Å². The molecule has 0 aliphatic rings. The summed E-state index contributed by atoms with van der Waals surface area (Å²) in [4.78, 5) is 59.9. The summed E-state index contributed by atoms with van der Waals surface area (Å²) in [7, 11) is 5.73. The Hall–Kier alpha value is -19.7. The van der Waals surface area contributed by atoms with Gasteiger partial charge in [0.05, 0.1) is 16.7 Å². The monoisotopic (exact) mass is 1860 g/mol. The molecule has 0 fully saturated rings. The number of carbonyl (C=O) groups is 3. The Labute approximate surface area is 809 Å². The molecule has 0 amide bonds. The number of fused-ring (bicyclic) bond motifs is 11. The van der Waals surface area contributed by atoms with Crippen molar-refractivity contribution in [2.45, 2.75) is 0 Å². The summed E-state index contributed by atoms with van der Waals surface area (Å²) in [6, 6.07) is 124. The third-order valence-electron chi connectivity index (χ3n) is 24.1. The van der Waals surface area contributed by atoms with Gasteiger partial charge >= 0.3 is 11.2 Å². The van der Waals surface area contributed by atoms with E-state index in [0.29, 0.717) is 27.2 Å².